The molecule has 0 saturated carbocycles. The van der Waals surface area contributed by atoms with Gasteiger partial charge in [0, 0.05) is 5.69 Å². The summed E-state index contributed by atoms with van der Waals surface area (Å²) in [7, 11) is 3.29. The van der Waals surface area contributed by atoms with Crippen molar-refractivity contribution in [1.29, 1.82) is 0 Å². The Hall–Kier alpha value is -0.750. The number of hydrogen-bond donors (Lipinski definition) is 1. The molecular weight excluding hydrogens is 239 g/mol. The van der Waals surface area contributed by atoms with Crippen LogP contribution in [0.3, 0.4) is 0 Å². The molecule has 0 aliphatic heterocycles. The van der Waals surface area contributed by atoms with Gasteiger partial charge in [0.25, 0.3) is 0 Å². The first-order valence-corrected chi connectivity index (χ1v) is 5.34. The highest BCUT2D eigenvalue weighted by atomic mass is 35.7. The fraction of sp³-hybridized carbons (Fsp3) is 0.143. The minimum absolute atomic E-state index is 0.0142. The summed E-state index contributed by atoms with van der Waals surface area (Å²) in [5.74, 6) is 0. The lowest BCUT2D eigenvalue weighted by Gasteiger charge is -2.08. The smallest absolute Gasteiger partial charge is 0.398 e. The quantitative estimate of drug-likeness (QED) is 0.608. The molecule has 1 aromatic rings. The van der Waals surface area contributed by atoms with Crippen LogP contribution in [-0.4, -0.2) is 4.21 Å². The Morgan fingerprint density at radius 1 is 1.36 bits per heavy atom. The molecule has 0 aromatic heterocycles. The molecule has 0 fully saturated rings. The van der Waals surface area contributed by atoms with Gasteiger partial charge in [-0.05, 0) is 28.9 Å². The number of rotatable bonds is 1. The molecule has 0 radical (unpaired) electrons. The second-order valence-electron chi connectivity index (χ2n) is 2.47. The van der Waals surface area contributed by atoms with E-state index in [0.29, 0.717) is 6.07 Å². The van der Waals surface area contributed by atoms with Crippen LogP contribution in [0.2, 0.25) is 0 Å². The van der Waals surface area contributed by atoms with Gasteiger partial charge in [0.15, 0.2) is 0 Å². The fourth-order valence-corrected chi connectivity index (χ4v) is 1.71. The number of nitrogens with two attached hydrogens (primary N) is 1. The van der Waals surface area contributed by atoms with Crippen molar-refractivity contribution < 1.29 is 17.4 Å². The number of hydrogen-bond acceptors (Lipinski definition) is 2. The summed E-state index contributed by atoms with van der Waals surface area (Å²) in [6.45, 7) is 0. The zero-order valence-corrected chi connectivity index (χ0v) is 8.21. The summed E-state index contributed by atoms with van der Waals surface area (Å²) in [5.41, 5.74) is 4.12. The maximum atomic E-state index is 12.1. The van der Waals surface area contributed by atoms with Gasteiger partial charge >= 0.3 is 6.18 Å². The third-order valence-electron chi connectivity index (χ3n) is 1.51. The van der Waals surface area contributed by atoms with Crippen LogP contribution in [0.5, 0.6) is 0 Å². The van der Waals surface area contributed by atoms with Crippen molar-refractivity contribution in [3.63, 3.8) is 0 Å². The standard InChI is InChI=1S/C7H5ClF3NOS/c8-14(13)6-2-1-4(3-5(6)12)7(9,10)11/h1-3H,12H2. The largest absolute Gasteiger partial charge is 0.416 e. The van der Waals surface area contributed by atoms with E-state index in [1.807, 2.05) is 0 Å². The number of alkyl halides is 3. The average Bonchev–Trinajstić information content (AvgIpc) is 2.01. The Labute approximate surface area is 84.8 Å². The molecule has 1 rings (SSSR count). The van der Waals surface area contributed by atoms with Crippen molar-refractivity contribution in [2.75, 3.05) is 5.73 Å². The third kappa shape index (κ3) is 2.39. The van der Waals surface area contributed by atoms with Crippen LogP contribution in [0.25, 0.3) is 0 Å². The third-order valence-corrected chi connectivity index (χ3v) is 2.73. The van der Waals surface area contributed by atoms with Gasteiger partial charge in [0.05, 0.1) is 10.5 Å². The molecule has 0 aliphatic rings. The van der Waals surface area contributed by atoms with Gasteiger partial charge in [0.1, 0.15) is 10.0 Å². The molecular formula is C7H5ClF3NOS. The monoisotopic (exact) mass is 243 g/mol. The molecule has 14 heavy (non-hydrogen) atoms. The summed E-state index contributed by atoms with van der Waals surface area (Å²) in [5, 5.41) is 0. The molecule has 1 unspecified atom stereocenters. The molecule has 0 aliphatic carbocycles. The molecule has 0 bridgehead atoms. The van der Waals surface area contributed by atoms with Gasteiger partial charge in [-0.25, -0.2) is 4.21 Å². The predicted molar refractivity (Wildman–Crippen MR) is 48.1 cm³/mol. The Morgan fingerprint density at radius 2 is 1.93 bits per heavy atom. The summed E-state index contributed by atoms with van der Waals surface area (Å²) in [4.78, 5) is -0.0142. The van der Waals surface area contributed by atoms with Gasteiger partial charge in [-0.1, -0.05) is 0 Å². The summed E-state index contributed by atoms with van der Waals surface area (Å²) >= 11 is 0. The average molecular weight is 244 g/mol. The maximum Gasteiger partial charge on any atom is 0.416 e. The van der Waals surface area contributed by atoms with Crippen molar-refractivity contribution in [3.8, 4) is 0 Å². The number of benzene rings is 1. The van der Waals surface area contributed by atoms with Crippen LogP contribution in [-0.2, 0) is 16.2 Å². The van der Waals surface area contributed by atoms with Crippen LogP contribution in [0.15, 0.2) is 23.1 Å². The molecule has 2 nitrogen and oxygen atoms in total. The Bertz CT molecular complexity index is 380. The van der Waals surface area contributed by atoms with E-state index in [1.54, 1.807) is 0 Å². The summed E-state index contributed by atoms with van der Waals surface area (Å²) in [6, 6.07) is 2.49. The van der Waals surface area contributed by atoms with E-state index in [1.165, 1.54) is 0 Å². The fourth-order valence-electron chi connectivity index (χ4n) is 0.871. The van der Waals surface area contributed by atoms with E-state index >= 15 is 0 Å². The Balaban J connectivity index is 3.20. The first kappa shape index (κ1) is 11.3. The zero-order valence-electron chi connectivity index (χ0n) is 6.64. The normalized spacial score (nSPS) is 14.0. The first-order valence-electron chi connectivity index (χ1n) is 3.37. The van der Waals surface area contributed by atoms with E-state index in [4.69, 9.17) is 16.4 Å². The number of nitrogen functional groups attached to an aromatic ring is 1. The van der Waals surface area contributed by atoms with E-state index in [-0.39, 0.29) is 10.6 Å². The highest BCUT2D eigenvalue weighted by Crippen LogP contribution is 2.32. The summed E-state index contributed by atoms with van der Waals surface area (Å²) in [6.07, 6.45) is -4.46. The molecule has 0 amide bonds. The van der Waals surface area contributed by atoms with Crippen molar-refractivity contribution in [2.45, 2.75) is 11.1 Å². The van der Waals surface area contributed by atoms with Crippen LogP contribution >= 0.6 is 10.7 Å². The van der Waals surface area contributed by atoms with E-state index in [9.17, 15) is 17.4 Å². The molecule has 0 spiro atoms. The SMILES string of the molecule is Nc1cc(C(F)(F)F)ccc1S(=O)Cl. The van der Waals surface area contributed by atoms with Crippen LogP contribution in [0.4, 0.5) is 18.9 Å². The van der Waals surface area contributed by atoms with Crippen LogP contribution in [0, 0.1) is 0 Å². The molecule has 0 heterocycles. The lowest BCUT2D eigenvalue weighted by molar-refractivity contribution is -0.137. The molecule has 2 N–H and O–H groups in total. The lowest BCUT2D eigenvalue weighted by Crippen LogP contribution is -2.06. The first-order chi connectivity index (χ1) is 6.32. The van der Waals surface area contributed by atoms with Crippen molar-refractivity contribution in [3.05, 3.63) is 23.8 Å². The molecule has 1 atom stereocenters. The molecule has 78 valence electrons. The molecule has 1 aromatic carbocycles. The topological polar surface area (TPSA) is 43.1 Å². The van der Waals surface area contributed by atoms with E-state index in [0.717, 1.165) is 12.1 Å². The minimum atomic E-state index is -4.46. The molecule has 0 saturated heterocycles. The van der Waals surface area contributed by atoms with Gasteiger partial charge < -0.3 is 5.73 Å². The number of halogens is 4. The zero-order chi connectivity index (χ0) is 10.9. The van der Waals surface area contributed by atoms with Crippen molar-refractivity contribution in [1.82, 2.24) is 0 Å². The highest BCUT2D eigenvalue weighted by Gasteiger charge is 2.31. The van der Waals surface area contributed by atoms with Crippen LogP contribution < -0.4 is 5.73 Å². The minimum Gasteiger partial charge on any atom is -0.398 e. The summed E-state index contributed by atoms with van der Waals surface area (Å²) < 4.78 is 47.2. The van der Waals surface area contributed by atoms with Gasteiger partial charge in [-0.3, -0.25) is 0 Å². The Kier molecular flexibility index (Phi) is 3.06. The second-order valence-corrected chi connectivity index (χ2v) is 4.20. The van der Waals surface area contributed by atoms with E-state index in [2.05, 4.69) is 0 Å². The van der Waals surface area contributed by atoms with Crippen LogP contribution in [0.1, 0.15) is 5.56 Å². The molecule has 7 heteroatoms. The van der Waals surface area contributed by atoms with Gasteiger partial charge in [-0.15, -0.1) is 0 Å². The lowest BCUT2D eigenvalue weighted by atomic mass is 10.2. The highest BCUT2D eigenvalue weighted by molar-refractivity contribution is 8.08. The Morgan fingerprint density at radius 3 is 2.29 bits per heavy atom. The van der Waals surface area contributed by atoms with Crippen molar-refractivity contribution >= 4 is 26.4 Å². The van der Waals surface area contributed by atoms with Gasteiger partial charge in [-0.2, -0.15) is 13.2 Å². The van der Waals surface area contributed by atoms with Gasteiger partial charge in [0.2, 0.25) is 0 Å². The maximum absolute atomic E-state index is 12.1. The second kappa shape index (κ2) is 3.78. The number of anilines is 1. The predicted octanol–water partition coefficient (Wildman–Crippen LogP) is 2.55. The van der Waals surface area contributed by atoms with E-state index < -0.39 is 21.8 Å². The van der Waals surface area contributed by atoms with Crippen molar-refractivity contribution in [2.24, 2.45) is 0 Å².